The molecule has 0 aliphatic heterocycles. The van der Waals surface area contributed by atoms with E-state index in [1.165, 1.54) is 7.11 Å². The van der Waals surface area contributed by atoms with E-state index in [0.29, 0.717) is 11.1 Å². The van der Waals surface area contributed by atoms with E-state index in [2.05, 4.69) is 9.57 Å². The van der Waals surface area contributed by atoms with Crippen molar-refractivity contribution in [1.29, 1.82) is 0 Å². The Morgan fingerprint density at radius 1 is 1.41 bits per heavy atom. The van der Waals surface area contributed by atoms with Crippen molar-refractivity contribution in [2.24, 2.45) is 5.73 Å². The Morgan fingerprint density at radius 3 is 2.47 bits per heavy atom. The van der Waals surface area contributed by atoms with E-state index >= 15 is 0 Å². The van der Waals surface area contributed by atoms with Crippen LogP contribution >= 0.6 is 0 Å². The van der Waals surface area contributed by atoms with Crippen LogP contribution in [0.15, 0.2) is 24.3 Å². The van der Waals surface area contributed by atoms with Gasteiger partial charge in [-0.1, -0.05) is 24.3 Å². The van der Waals surface area contributed by atoms with Gasteiger partial charge in [0.2, 0.25) is 0 Å². The van der Waals surface area contributed by atoms with Crippen molar-refractivity contribution in [3.63, 3.8) is 0 Å². The predicted molar refractivity (Wildman–Crippen MR) is 55.6 cm³/mol. The van der Waals surface area contributed by atoms with Gasteiger partial charge in [0.1, 0.15) is 6.04 Å². The zero-order valence-corrected chi connectivity index (χ0v) is 9.24. The van der Waals surface area contributed by atoms with Crippen LogP contribution in [0.2, 0.25) is 0 Å². The Labute approximate surface area is 97.8 Å². The number of benzene rings is 1. The van der Waals surface area contributed by atoms with Gasteiger partial charge in [-0.15, -0.1) is 0 Å². The molecular formula is C10H14N2O5. The van der Waals surface area contributed by atoms with E-state index in [1.54, 1.807) is 24.3 Å². The van der Waals surface area contributed by atoms with Crippen molar-refractivity contribution >= 4 is 5.97 Å². The number of nitrogens with zero attached hydrogens (tertiary/aromatic N) is 1. The van der Waals surface area contributed by atoms with Gasteiger partial charge in [0.25, 0.3) is 0 Å². The average Bonchev–Trinajstić information content (AvgIpc) is 2.35. The van der Waals surface area contributed by atoms with Crippen molar-refractivity contribution in [1.82, 2.24) is 5.39 Å². The van der Waals surface area contributed by atoms with Gasteiger partial charge in [-0.25, -0.2) is 4.84 Å². The minimum absolute atomic E-state index is 0.0132. The molecule has 1 aromatic carbocycles. The number of rotatable bonds is 5. The van der Waals surface area contributed by atoms with Crippen LogP contribution in [0.3, 0.4) is 0 Å². The van der Waals surface area contributed by atoms with E-state index in [4.69, 9.17) is 16.1 Å². The molecule has 4 N–H and O–H groups in total. The molecule has 0 amide bonds. The molecule has 0 aliphatic rings. The molecule has 0 spiro atoms. The Morgan fingerprint density at radius 2 is 2.00 bits per heavy atom. The molecule has 94 valence electrons. The zero-order chi connectivity index (χ0) is 12.8. The minimum Gasteiger partial charge on any atom is -0.468 e. The lowest BCUT2D eigenvalue weighted by Crippen LogP contribution is -2.22. The second kappa shape index (κ2) is 6.28. The lowest BCUT2D eigenvalue weighted by Gasteiger charge is -2.10. The lowest BCUT2D eigenvalue weighted by molar-refractivity contribution is -0.497. The molecule has 0 saturated heterocycles. The van der Waals surface area contributed by atoms with E-state index in [-0.39, 0.29) is 12.0 Å². The molecule has 1 unspecified atom stereocenters. The first kappa shape index (κ1) is 13.6. The highest BCUT2D eigenvalue weighted by Gasteiger charge is 2.15. The topological polar surface area (TPSA) is 105 Å². The van der Waals surface area contributed by atoms with E-state index in [1.807, 2.05) is 0 Å². The van der Waals surface area contributed by atoms with Gasteiger partial charge >= 0.3 is 5.97 Å². The highest BCUT2D eigenvalue weighted by atomic mass is 17.1. The van der Waals surface area contributed by atoms with Crippen LogP contribution in [0, 0.1) is 0 Å². The van der Waals surface area contributed by atoms with E-state index in [0.717, 1.165) is 0 Å². The standard InChI is InChI=1S/C10H14N2O5/c1-16-10(13)9(11)8-4-2-7(3-5-8)6-17-12(14)15/h2-5,9,14-15H,6,11H2,1H3. The summed E-state index contributed by atoms with van der Waals surface area (Å²) in [6, 6.07) is 5.75. The lowest BCUT2D eigenvalue weighted by atomic mass is 10.1. The molecular weight excluding hydrogens is 228 g/mol. The monoisotopic (exact) mass is 242 g/mol. The quantitative estimate of drug-likeness (QED) is 0.506. The van der Waals surface area contributed by atoms with Gasteiger partial charge in [-0.05, 0) is 11.1 Å². The maximum Gasteiger partial charge on any atom is 0.327 e. The van der Waals surface area contributed by atoms with Crippen molar-refractivity contribution in [3.05, 3.63) is 35.4 Å². The number of methoxy groups -OCH3 is 1. The van der Waals surface area contributed by atoms with Gasteiger partial charge < -0.3 is 10.5 Å². The molecule has 0 saturated carbocycles. The third-order valence-electron chi connectivity index (χ3n) is 2.14. The number of hydrogen-bond acceptors (Lipinski definition) is 7. The van der Waals surface area contributed by atoms with Crippen molar-refractivity contribution < 1.29 is 24.8 Å². The molecule has 0 bridgehead atoms. The summed E-state index contributed by atoms with van der Waals surface area (Å²) in [5.41, 5.74) is 6.92. The van der Waals surface area contributed by atoms with Crippen LogP contribution in [0.5, 0.6) is 0 Å². The molecule has 0 aliphatic carbocycles. The Balaban J connectivity index is 2.64. The molecule has 0 fully saturated rings. The minimum atomic E-state index is -0.831. The van der Waals surface area contributed by atoms with Crippen LogP contribution in [0.1, 0.15) is 17.2 Å². The molecule has 0 heterocycles. The van der Waals surface area contributed by atoms with E-state index in [9.17, 15) is 4.79 Å². The molecule has 7 heteroatoms. The Kier molecular flexibility index (Phi) is 5.01. The largest absolute Gasteiger partial charge is 0.468 e. The maximum absolute atomic E-state index is 11.2. The van der Waals surface area contributed by atoms with Crippen LogP contribution in [0.4, 0.5) is 0 Å². The summed E-state index contributed by atoms with van der Waals surface area (Å²) in [5, 5.41) is 16.3. The van der Waals surface area contributed by atoms with Gasteiger partial charge in [-0.3, -0.25) is 15.2 Å². The van der Waals surface area contributed by atoms with Crippen molar-refractivity contribution in [2.75, 3.05) is 7.11 Å². The number of carbonyl (C=O) groups excluding carboxylic acids is 1. The smallest absolute Gasteiger partial charge is 0.327 e. The van der Waals surface area contributed by atoms with Crippen molar-refractivity contribution in [3.8, 4) is 0 Å². The fourth-order valence-corrected chi connectivity index (χ4v) is 1.22. The summed E-state index contributed by atoms with van der Waals surface area (Å²) in [6.45, 7) is -0.0132. The summed E-state index contributed by atoms with van der Waals surface area (Å²) in [7, 11) is 1.27. The predicted octanol–water partition coefficient (Wildman–Crippen LogP) is 0.371. The third-order valence-corrected chi connectivity index (χ3v) is 2.14. The summed E-state index contributed by atoms with van der Waals surface area (Å²) in [5.74, 6) is -0.522. The molecule has 17 heavy (non-hydrogen) atoms. The number of nitrogens with two attached hydrogens (primary N) is 1. The van der Waals surface area contributed by atoms with Crippen LogP contribution < -0.4 is 5.73 Å². The SMILES string of the molecule is COC(=O)C(N)c1ccc(CON(O)O)cc1. The van der Waals surface area contributed by atoms with Crippen LogP contribution in [-0.4, -0.2) is 28.9 Å². The molecule has 7 nitrogen and oxygen atoms in total. The fraction of sp³-hybridized carbons (Fsp3) is 0.300. The number of esters is 1. The first-order valence-corrected chi connectivity index (χ1v) is 4.77. The van der Waals surface area contributed by atoms with E-state index < -0.39 is 12.0 Å². The number of ether oxygens (including phenoxy) is 1. The number of hydrogen-bond donors (Lipinski definition) is 3. The maximum atomic E-state index is 11.2. The summed E-state index contributed by atoms with van der Waals surface area (Å²) >= 11 is 0. The summed E-state index contributed by atoms with van der Waals surface area (Å²) < 4.78 is 4.51. The first-order chi connectivity index (χ1) is 8.04. The number of carbonyl (C=O) groups is 1. The Bertz CT molecular complexity index is 365. The Hall–Kier alpha value is -1.51. The molecule has 0 radical (unpaired) electrons. The molecule has 1 rings (SSSR count). The highest BCUT2D eigenvalue weighted by molar-refractivity contribution is 5.77. The van der Waals surface area contributed by atoms with Gasteiger partial charge in [0, 0.05) is 0 Å². The summed E-state index contributed by atoms with van der Waals surface area (Å²) in [6.07, 6.45) is 0. The summed E-state index contributed by atoms with van der Waals surface area (Å²) in [4.78, 5) is 15.6. The normalized spacial score (nSPS) is 12.5. The first-order valence-electron chi connectivity index (χ1n) is 4.77. The van der Waals surface area contributed by atoms with Crippen LogP contribution in [-0.2, 0) is 21.0 Å². The van der Waals surface area contributed by atoms with Crippen molar-refractivity contribution in [2.45, 2.75) is 12.6 Å². The van der Waals surface area contributed by atoms with Gasteiger partial charge in [0.15, 0.2) is 0 Å². The third kappa shape index (κ3) is 4.10. The molecule has 1 atom stereocenters. The van der Waals surface area contributed by atoms with Gasteiger partial charge in [-0.2, -0.15) is 0 Å². The molecule has 1 aromatic rings. The zero-order valence-electron chi connectivity index (χ0n) is 9.24. The second-order valence-electron chi connectivity index (χ2n) is 3.27. The highest BCUT2D eigenvalue weighted by Crippen LogP contribution is 2.13. The van der Waals surface area contributed by atoms with Gasteiger partial charge in [0.05, 0.1) is 19.1 Å². The fourth-order valence-electron chi connectivity index (χ4n) is 1.22. The second-order valence-corrected chi connectivity index (χ2v) is 3.27. The van der Waals surface area contributed by atoms with Crippen LogP contribution in [0.25, 0.3) is 0 Å². The average molecular weight is 242 g/mol. The molecule has 0 aromatic heterocycles.